The van der Waals surface area contributed by atoms with Gasteiger partial charge in [0.25, 0.3) is 0 Å². The molecule has 1 heterocycles. The molecule has 5 heteroatoms. The van der Waals surface area contributed by atoms with Gasteiger partial charge in [-0.1, -0.05) is 11.6 Å². The van der Waals surface area contributed by atoms with E-state index >= 15 is 0 Å². The largest absolute Gasteiger partial charge is 0.387 e. The standard InChI is InChI=1S/C6H7ClN4/c7-5-2-1-4(10-11-5)3-6(8)9/h1-2H,3H2,(H3,8,9). The van der Waals surface area contributed by atoms with Crippen molar-refractivity contribution in [3.05, 3.63) is 23.0 Å². The molecule has 0 unspecified atom stereocenters. The number of amidine groups is 1. The summed E-state index contributed by atoms with van der Waals surface area (Å²) < 4.78 is 0. The van der Waals surface area contributed by atoms with E-state index in [2.05, 4.69) is 10.2 Å². The molecule has 4 nitrogen and oxygen atoms in total. The van der Waals surface area contributed by atoms with E-state index in [0.29, 0.717) is 17.3 Å². The molecule has 0 aliphatic rings. The van der Waals surface area contributed by atoms with E-state index in [-0.39, 0.29) is 5.84 Å². The van der Waals surface area contributed by atoms with Gasteiger partial charge in [-0.25, -0.2) is 0 Å². The molecular weight excluding hydrogens is 164 g/mol. The molecule has 0 saturated heterocycles. The Labute approximate surface area is 68.9 Å². The van der Waals surface area contributed by atoms with Gasteiger partial charge in [-0.2, -0.15) is 5.10 Å². The molecule has 0 saturated carbocycles. The van der Waals surface area contributed by atoms with Crippen molar-refractivity contribution < 1.29 is 0 Å². The van der Waals surface area contributed by atoms with Crippen LogP contribution in [-0.4, -0.2) is 16.0 Å². The third-order valence-corrected chi connectivity index (χ3v) is 1.26. The molecule has 1 rings (SSSR count). The van der Waals surface area contributed by atoms with Gasteiger partial charge in [0.2, 0.25) is 0 Å². The maximum atomic E-state index is 6.96. The molecule has 0 amide bonds. The first-order valence-corrected chi connectivity index (χ1v) is 3.37. The number of nitrogens with two attached hydrogens (primary N) is 1. The summed E-state index contributed by atoms with van der Waals surface area (Å²) in [5.41, 5.74) is 5.80. The third kappa shape index (κ3) is 2.51. The van der Waals surface area contributed by atoms with Crippen LogP contribution in [0.1, 0.15) is 5.69 Å². The molecular formula is C6H7ClN4. The van der Waals surface area contributed by atoms with E-state index in [4.69, 9.17) is 22.7 Å². The summed E-state index contributed by atoms with van der Waals surface area (Å²) in [5, 5.41) is 14.6. The maximum Gasteiger partial charge on any atom is 0.151 e. The van der Waals surface area contributed by atoms with Crippen molar-refractivity contribution in [2.45, 2.75) is 6.42 Å². The number of nitrogens with one attached hydrogen (secondary N) is 1. The zero-order chi connectivity index (χ0) is 8.27. The zero-order valence-corrected chi connectivity index (χ0v) is 6.47. The molecule has 0 aromatic carbocycles. The van der Waals surface area contributed by atoms with E-state index < -0.39 is 0 Å². The molecule has 0 spiro atoms. The van der Waals surface area contributed by atoms with Crippen LogP contribution in [0.3, 0.4) is 0 Å². The zero-order valence-electron chi connectivity index (χ0n) is 5.71. The second-order valence-corrected chi connectivity index (χ2v) is 2.44. The molecule has 1 aromatic heterocycles. The predicted molar refractivity (Wildman–Crippen MR) is 42.7 cm³/mol. The maximum absolute atomic E-state index is 6.96. The van der Waals surface area contributed by atoms with Gasteiger partial charge in [-0.05, 0) is 12.1 Å². The van der Waals surface area contributed by atoms with Crippen molar-refractivity contribution in [1.29, 1.82) is 5.41 Å². The fraction of sp³-hybridized carbons (Fsp3) is 0.167. The third-order valence-electron chi connectivity index (χ3n) is 1.06. The van der Waals surface area contributed by atoms with E-state index in [1.54, 1.807) is 12.1 Å². The number of hydrogen-bond acceptors (Lipinski definition) is 3. The predicted octanol–water partition coefficient (Wildman–Crippen LogP) is 0.608. The van der Waals surface area contributed by atoms with Crippen LogP contribution in [0.25, 0.3) is 0 Å². The summed E-state index contributed by atoms with van der Waals surface area (Å²) in [5.74, 6) is 0.0709. The minimum absolute atomic E-state index is 0.0709. The van der Waals surface area contributed by atoms with Crippen LogP contribution < -0.4 is 5.73 Å². The molecule has 58 valence electrons. The van der Waals surface area contributed by atoms with E-state index in [0.717, 1.165) is 0 Å². The van der Waals surface area contributed by atoms with Crippen molar-refractivity contribution in [2.75, 3.05) is 0 Å². The molecule has 0 bridgehead atoms. The summed E-state index contributed by atoms with van der Waals surface area (Å²) in [6.45, 7) is 0. The fourth-order valence-electron chi connectivity index (χ4n) is 0.633. The van der Waals surface area contributed by atoms with Crippen molar-refractivity contribution in [1.82, 2.24) is 10.2 Å². The fourth-order valence-corrected chi connectivity index (χ4v) is 0.734. The lowest BCUT2D eigenvalue weighted by Crippen LogP contribution is -2.13. The van der Waals surface area contributed by atoms with E-state index in [1.165, 1.54) is 0 Å². The minimum atomic E-state index is 0.0709. The lowest BCUT2D eigenvalue weighted by molar-refractivity contribution is 0.955. The average Bonchev–Trinajstić information content (AvgIpc) is 1.93. The SMILES string of the molecule is N=C(N)Cc1ccc(Cl)nn1. The number of aromatic nitrogens is 2. The van der Waals surface area contributed by atoms with Gasteiger partial charge in [-0.15, -0.1) is 5.10 Å². The van der Waals surface area contributed by atoms with E-state index in [1.807, 2.05) is 0 Å². The first-order chi connectivity index (χ1) is 5.18. The van der Waals surface area contributed by atoms with Gasteiger partial charge in [0.1, 0.15) is 0 Å². The van der Waals surface area contributed by atoms with Crippen molar-refractivity contribution >= 4 is 17.4 Å². The summed E-state index contributed by atoms with van der Waals surface area (Å²) in [6, 6.07) is 3.31. The highest BCUT2D eigenvalue weighted by molar-refractivity contribution is 6.29. The normalized spacial score (nSPS) is 9.55. The summed E-state index contributed by atoms with van der Waals surface area (Å²) >= 11 is 5.49. The van der Waals surface area contributed by atoms with Crippen LogP contribution in [0.5, 0.6) is 0 Å². The van der Waals surface area contributed by atoms with E-state index in [9.17, 15) is 0 Å². The number of nitrogens with zero attached hydrogens (tertiary/aromatic N) is 2. The Kier molecular flexibility index (Phi) is 2.38. The van der Waals surface area contributed by atoms with Crippen LogP contribution in [0.2, 0.25) is 5.15 Å². The quantitative estimate of drug-likeness (QED) is 0.504. The van der Waals surface area contributed by atoms with Crippen molar-refractivity contribution in [3.8, 4) is 0 Å². The van der Waals surface area contributed by atoms with Gasteiger partial charge < -0.3 is 5.73 Å². The van der Waals surface area contributed by atoms with Crippen LogP contribution in [0.4, 0.5) is 0 Å². The average molecular weight is 171 g/mol. The topological polar surface area (TPSA) is 75.7 Å². The Bertz CT molecular complexity index is 256. The van der Waals surface area contributed by atoms with Crippen LogP contribution in [-0.2, 0) is 6.42 Å². The first-order valence-electron chi connectivity index (χ1n) is 2.99. The Morgan fingerprint density at radius 3 is 2.73 bits per heavy atom. The second kappa shape index (κ2) is 3.30. The van der Waals surface area contributed by atoms with Crippen molar-refractivity contribution in [2.24, 2.45) is 5.73 Å². The molecule has 1 aromatic rings. The highest BCUT2D eigenvalue weighted by Gasteiger charge is 1.96. The Balaban J connectivity index is 2.74. The van der Waals surface area contributed by atoms with Gasteiger partial charge in [0.05, 0.1) is 11.5 Å². The highest BCUT2D eigenvalue weighted by atomic mass is 35.5. The molecule has 0 aliphatic heterocycles. The molecule has 0 radical (unpaired) electrons. The van der Waals surface area contributed by atoms with Crippen LogP contribution in [0.15, 0.2) is 12.1 Å². The highest BCUT2D eigenvalue weighted by Crippen LogP contribution is 2.01. The van der Waals surface area contributed by atoms with Gasteiger partial charge >= 0.3 is 0 Å². The van der Waals surface area contributed by atoms with Crippen LogP contribution in [0, 0.1) is 5.41 Å². The Morgan fingerprint density at radius 1 is 1.55 bits per heavy atom. The smallest absolute Gasteiger partial charge is 0.151 e. The Hall–Kier alpha value is -1.16. The van der Waals surface area contributed by atoms with Gasteiger partial charge in [-0.3, -0.25) is 5.41 Å². The first kappa shape index (κ1) is 7.94. The summed E-state index contributed by atoms with van der Waals surface area (Å²) in [4.78, 5) is 0. The molecule has 0 aliphatic carbocycles. The lowest BCUT2D eigenvalue weighted by Gasteiger charge is -1.95. The molecule has 0 atom stereocenters. The molecule has 3 N–H and O–H groups in total. The monoisotopic (exact) mass is 170 g/mol. The van der Waals surface area contributed by atoms with Gasteiger partial charge in [0, 0.05) is 6.42 Å². The molecule has 0 fully saturated rings. The second-order valence-electron chi connectivity index (χ2n) is 2.05. The molecule has 11 heavy (non-hydrogen) atoms. The summed E-state index contributed by atoms with van der Waals surface area (Å²) in [7, 11) is 0. The number of rotatable bonds is 2. The number of hydrogen-bond donors (Lipinski definition) is 2. The minimum Gasteiger partial charge on any atom is -0.387 e. The van der Waals surface area contributed by atoms with Crippen molar-refractivity contribution in [3.63, 3.8) is 0 Å². The lowest BCUT2D eigenvalue weighted by atomic mass is 10.3. The Morgan fingerprint density at radius 2 is 2.27 bits per heavy atom. The van der Waals surface area contributed by atoms with Gasteiger partial charge in [0.15, 0.2) is 5.15 Å². The van der Waals surface area contributed by atoms with Crippen LogP contribution >= 0.6 is 11.6 Å². The summed E-state index contributed by atoms with van der Waals surface area (Å²) in [6.07, 6.45) is 0.324. The number of halogens is 1.